The van der Waals surface area contributed by atoms with E-state index < -0.39 is 0 Å². The number of hydrogen-bond donors (Lipinski definition) is 1. The van der Waals surface area contributed by atoms with E-state index in [9.17, 15) is 0 Å². The molecular formula is C15H18ClNOS. The summed E-state index contributed by atoms with van der Waals surface area (Å²) in [5.41, 5.74) is 6.83. The topological polar surface area (TPSA) is 35.2 Å². The standard InChI is InChI=1S/C15H18ClNOS/c1-3-12-5-6-13(19-12)9-18-15-7-4-11(10(2)17)8-14(15)16/h4-8,10H,3,9,17H2,1-2H3/t10-/m0/s1. The van der Waals surface area contributed by atoms with Gasteiger partial charge in [0.15, 0.2) is 0 Å². The van der Waals surface area contributed by atoms with Crippen LogP contribution in [0.5, 0.6) is 5.75 Å². The van der Waals surface area contributed by atoms with Crippen LogP contribution in [0.4, 0.5) is 0 Å². The van der Waals surface area contributed by atoms with Crippen molar-refractivity contribution < 1.29 is 4.74 Å². The number of thiophene rings is 1. The maximum absolute atomic E-state index is 6.20. The highest BCUT2D eigenvalue weighted by Gasteiger charge is 2.07. The van der Waals surface area contributed by atoms with Crippen LogP contribution in [-0.2, 0) is 13.0 Å². The Balaban J connectivity index is 2.03. The van der Waals surface area contributed by atoms with Crippen LogP contribution >= 0.6 is 22.9 Å². The zero-order valence-corrected chi connectivity index (χ0v) is 12.7. The fraction of sp³-hybridized carbons (Fsp3) is 0.333. The first-order valence-corrected chi connectivity index (χ1v) is 7.55. The van der Waals surface area contributed by atoms with E-state index in [-0.39, 0.29) is 6.04 Å². The molecule has 0 unspecified atom stereocenters. The summed E-state index contributed by atoms with van der Waals surface area (Å²) in [4.78, 5) is 2.58. The molecule has 0 aliphatic rings. The van der Waals surface area contributed by atoms with Crippen molar-refractivity contribution in [2.24, 2.45) is 5.73 Å². The van der Waals surface area contributed by atoms with Gasteiger partial charge in [-0.2, -0.15) is 0 Å². The third-order valence-electron chi connectivity index (χ3n) is 2.92. The molecule has 0 saturated carbocycles. The SMILES string of the molecule is CCc1ccc(COc2ccc([C@H](C)N)cc2Cl)s1. The summed E-state index contributed by atoms with van der Waals surface area (Å²) < 4.78 is 5.75. The van der Waals surface area contributed by atoms with E-state index in [2.05, 4.69) is 19.1 Å². The van der Waals surface area contributed by atoms with Gasteiger partial charge in [0, 0.05) is 15.8 Å². The monoisotopic (exact) mass is 295 g/mol. The van der Waals surface area contributed by atoms with Gasteiger partial charge >= 0.3 is 0 Å². The molecule has 0 fully saturated rings. The van der Waals surface area contributed by atoms with E-state index in [1.807, 2.05) is 25.1 Å². The van der Waals surface area contributed by atoms with Crippen molar-refractivity contribution in [3.8, 4) is 5.75 Å². The first-order valence-electron chi connectivity index (χ1n) is 6.35. The number of hydrogen-bond acceptors (Lipinski definition) is 3. The molecule has 2 nitrogen and oxygen atoms in total. The smallest absolute Gasteiger partial charge is 0.138 e. The first kappa shape index (κ1) is 14.4. The van der Waals surface area contributed by atoms with Crippen LogP contribution in [0.25, 0.3) is 0 Å². The van der Waals surface area contributed by atoms with E-state index in [0.717, 1.165) is 12.0 Å². The molecule has 0 saturated heterocycles. The summed E-state index contributed by atoms with van der Waals surface area (Å²) in [6.45, 7) is 4.64. The predicted molar refractivity (Wildman–Crippen MR) is 82.1 cm³/mol. The molecule has 0 amide bonds. The van der Waals surface area contributed by atoms with Gasteiger partial charge in [0.2, 0.25) is 0 Å². The minimum absolute atomic E-state index is 0.0176. The van der Waals surface area contributed by atoms with E-state index in [1.165, 1.54) is 9.75 Å². The Kier molecular flexibility index (Phi) is 4.86. The molecule has 0 aliphatic heterocycles. The molecule has 2 N–H and O–H groups in total. The second-order valence-electron chi connectivity index (χ2n) is 4.49. The highest BCUT2D eigenvalue weighted by atomic mass is 35.5. The lowest BCUT2D eigenvalue weighted by Gasteiger charge is -2.10. The Labute approximate surface area is 123 Å². The van der Waals surface area contributed by atoms with E-state index in [4.69, 9.17) is 22.1 Å². The quantitative estimate of drug-likeness (QED) is 0.877. The molecule has 1 atom stereocenters. The minimum atomic E-state index is -0.0176. The minimum Gasteiger partial charge on any atom is -0.487 e. The molecule has 2 aromatic rings. The summed E-state index contributed by atoms with van der Waals surface area (Å²) in [5, 5.41) is 0.613. The highest BCUT2D eigenvalue weighted by molar-refractivity contribution is 7.11. The van der Waals surface area contributed by atoms with Crippen molar-refractivity contribution in [1.29, 1.82) is 0 Å². The van der Waals surface area contributed by atoms with Gasteiger partial charge in [0.1, 0.15) is 12.4 Å². The van der Waals surface area contributed by atoms with Gasteiger partial charge in [-0.15, -0.1) is 11.3 Å². The Bertz CT molecular complexity index is 551. The molecule has 1 aromatic heterocycles. The Morgan fingerprint density at radius 1 is 1.26 bits per heavy atom. The van der Waals surface area contributed by atoms with E-state index >= 15 is 0 Å². The van der Waals surface area contributed by atoms with Crippen LogP contribution in [0, 0.1) is 0 Å². The van der Waals surface area contributed by atoms with E-state index in [0.29, 0.717) is 17.4 Å². The van der Waals surface area contributed by atoms with Crippen molar-refractivity contribution in [2.75, 3.05) is 0 Å². The van der Waals surface area contributed by atoms with Gasteiger partial charge in [-0.25, -0.2) is 0 Å². The van der Waals surface area contributed by atoms with Crippen molar-refractivity contribution in [2.45, 2.75) is 32.9 Å². The maximum Gasteiger partial charge on any atom is 0.138 e. The summed E-state index contributed by atoms with van der Waals surface area (Å²) in [5.74, 6) is 0.706. The first-order chi connectivity index (χ1) is 9.10. The molecular weight excluding hydrogens is 278 g/mol. The predicted octanol–water partition coefficient (Wildman–Crippen LogP) is 4.56. The number of aryl methyl sites for hydroxylation is 1. The average molecular weight is 296 g/mol. The Morgan fingerprint density at radius 2 is 2.00 bits per heavy atom. The van der Waals surface area contributed by atoms with Gasteiger partial charge in [-0.05, 0) is 43.2 Å². The fourth-order valence-corrected chi connectivity index (χ4v) is 2.87. The normalized spacial score (nSPS) is 12.4. The second kappa shape index (κ2) is 6.42. The van der Waals surface area contributed by atoms with Gasteiger partial charge in [0.25, 0.3) is 0 Å². The lowest BCUT2D eigenvalue weighted by Crippen LogP contribution is -2.05. The number of ether oxygens (including phenoxy) is 1. The third kappa shape index (κ3) is 3.72. The van der Waals surface area contributed by atoms with Crippen LogP contribution in [0.2, 0.25) is 5.02 Å². The van der Waals surface area contributed by atoms with Crippen LogP contribution in [0.3, 0.4) is 0 Å². The average Bonchev–Trinajstić information content (AvgIpc) is 2.85. The number of benzene rings is 1. The van der Waals surface area contributed by atoms with Crippen LogP contribution < -0.4 is 10.5 Å². The van der Waals surface area contributed by atoms with Crippen molar-refractivity contribution >= 4 is 22.9 Å². The van der Waals surface area contributed by atoms with Crippen LogP contribution in [0.15, 0.2) is 30.3 Å². The Hall–Kier alpha value is -1.03. The van der Waals surface area contributed by atoms with Gasteiger partial charge in [-0.3, -0.25) is 0 Å². The van der Waals surface area contributed by atoms with E-state index in [1.54, 1.807) is 11.3 Å². The number of nitrogens with two attached hydrogens (primary N) is 1. The fourth-order valence-electron chi connectivity index (χ4n) is 1.76. The van der Waals surface area contributed by atoms with Gasteiger partial charge in [-0.1, -0.05) is 24.6 Å². The van der Waals surface area contributed by atoms with Crippen LogP contribution in [0.1, 0.15) is 35.2 Å². The lowest BCUT2D eigenvalue weighted by atomic mass is 10.1. The van der Waals surface area contributed by atoms with Crippen molar-refractivity contribution in [1.82, 2.24) is 0 Å². The zero-order valence-electron chi connectivity index (χ0n) is 11.2. The molecule has 1 aromatic carbocycles. The molecule has 4 heteroatoms. The van der Waals surface area contributed by atoms with Gasteiger partial charge in [0.05, 0.1) is 5.02 Å². The molecule has 0 radical (unpaired) electrons. The highest BCUT2D eigenvalue weighted by Crippen LogP contribution is 2.28. The summed E-state index contributed by atoms with van der Waals surface area (Å²) >= 11 is 7.97. The van der Waals surface area contributed by atoms with Crippen molar-refractivity contribution in [3.63, 3.8) is 0 Å². The summed E-state index contributed by atoms with van der Waals surface area (Å²) in [6.07, 6.45) is 1.06. The lowest BCUT2D eigenvalue weighted by molar-refractivity contribution is 0.310. The number of rotatable bonds is 5. The molecule has 0 bridgehead atoms. The molecule has 0 spiro atoms. The molecule has 1 heterocycles. The molecule has 102 valence electrons. The van der Waals surface area contributed by atoms with Gasteiger partial charge < -0.3 is 10.5 Å². The second-order valence-corrected chi connectivity index (χ2v) is 6.15. The van der Waals surface area contributed by atoms with Crippen molar-refractivity contribution in [3.05, 3.63) is 50.7 Å². The maximum atomic E-state index is 6.20. The van der Waals surface area contributed by atoms with Crippen LogP contribution in [-0.4, -0.2) is 0 Å². The largest absolute Gasteiger partial charge is 0.487 e. The zero-order chi connectivity index (χ0) is 13.8. The molecule has 0 aliphatic carbocycles. The number of halogens is 1. The third-order valence-corrected chi connectivity index (χ3v) is 4.42. The molecule has 19 heavy (non-hydrogen) atoms. The Morgan fingerprint density at radius 3 is 2.58 bits per heavy atom. The summed E-state index contributed by atoms with van der Waals surface area (Å²) in [7, 11) is 0. The molecule has 2 rings (SSSR count). The summed E-state index contributed by atoms with van der Waals surface area (Å²) in [6, 6.07) is 9.94.